The highest BCUT2D eigenvalue weighted by Gasteiger charge is 2.07. The normalized spacial score (nSPS) is 9.74. The van der Waals surface area contributed by atoms with Gasteiger partial charge in [-0.05, 0) is 6.92 Å². The Kier molecular flexibility index (Phi) is 5.33. The number of rotatable bonds is 6. The number of amides is 3. The van der Waals surface area contributed by atoms with E-state index >= 15 is 0 Å². The Hall–Kier alpha value is -2.58. The molecule has 0 aliphatic heterocycles. The fraction of sp³-hybridized carbons (Fsp3) is 0.400. The summed E-state index contributed by atoms with van der Waals surface area (Å²) in [6.07, 6.45) is 1.52. The lowest BCUT2D eigenvalue weighted by atomic mass is 10.5. The van der Waals surface area contributed by atoms with Gasteiger partial charge in [-0.25, -0.2) is 9.78 Å². The Morgan fingerprint density at radius 3 is 2.58 bits per heavy atom. The van der Waals surface area contributed by atoms with Crippen molar-refractivity contribution in [2.24, 2.45) is 0 Å². The van der Waals surface area contributed by atoms with Gasteiger partial charge in [0, 0.05) is 0 Å². The minimum atomic E-state index is -1.16. The Bertz CT molecular complexity index is 470. The first-order valence-electron chi connectivity index (χ1n) is 5.39. The second kappa shape index (κ2) is 6.99. The van der Waals surface area contributed by atoms with Crippen molar-refractivity contribution in [1.29, 1.82) is 0 Å². The molecule has 1 heterocycles. The Morgan fingerprint density at radius 2 is 2.00 bits per heavy atom. The van der Waals surface area contributed by atoms with E-state index in [4.69, 9.17) is 9.52 Å². The molecule has 9 heteroatoms. The van der Waals surface area contributed by atoms with Crippen molar-refractivity contribution < 1.29 is 23.9 Å². The van der Waals surface area contributed by atoms with E-state index < -0.39 is 24.5 Å². The second-order valence-electron chi connectivity index (χ2n) is 3.57. The van der Waals surface area contributed by atoms with Crippen LogP contribution in [-0.4, -0.2) is 41.1 Å². The number of urea groups is 1. The number of aromatic nitrogens is 1. The van der Waals surface area contributed by atoms with Crippen LogP contribution in [0.4, 0.5) is 4.79 Å². The highest BCUT2D eigenvalue weighted by molar-refractivity contribution is 5.86. The molecule has 0 radical (unpaired) electrons. The molecule has 9 nitrogen and oxygen atoms in total. The molecule has 0 bridgehead atoms. The summed E-state index contributed by atoms with van der Waals surface area (Å²) < 4.78 is 5.13. The van der Waals surface area contributed by atoms with Gasteiger partial charge in [0.15, 0.2) is 0 Å². The fourth-order valence-electron chi connectivity index (χ4n) is 1.10. The average molecular weight is 270 g/mol. The van der Waals surface area contributed by atoms with Crippen molar-refractivity contribution >= 4 is 17.9 Å². The van der Waals surface area contributed by atoms with E-state index in [1.807, 2.05) is 0 Å². The molecule has 1 aromatic heterocycles. The minimum Gasteiger partial charge on any atom is -0.480 e. The van der Waals surface area contributed by atoms with Gasteiger partial charge in [-0.2, -0.15) is 0 Å². The van der Waals surface area contributed by atoms with Gasteiger partial charge in [0.25, 0.3) is 0 Å². The summed E-state index contributed by atoms with van der Waals surface area (Å²) in [6, 6.07) is -0.582. The van der Waals surface area contributed by atoms with Gasteiger partial charge in [-0.15, -0.1) is 0 Å². The Morgan fingerprint density at radius 1 is 1.26 bits per heavy atom. The van der Waals surface area contributed by atoms with E-state index in [2.05, 4.69) is 20.9 Å². The van der Waals surface area contributed by atoms with Gasteiger partial charge in [-0.1, -0.05) is 0 Å². The summed E-state index contributed by atoms with van der Waals surface area (Å²) in [6.45, 7) is 1.02. The van der Waals surface area contributed by atoms with Crippen molar-refractivity contribution in [2.45, 2.75) is 13.5 Å². The molecular weight excluding hydrogens is 256 g/mol. The number of nitrogens with zero attached hydrogens (tertiary/aromatic N) is 1. The van der Waals surface area contributed by atoms with Crippen molar-refractivity contribution in [1.82, 2.24) is 20.9 Å². The number of carbonyl (C=O) groups is 3. The molecule has 0 spiro atoms. The highest BCUT2D eigenvalue weighted by atomic mass is 16.4. The molecule has 19 heavy (non-hydrogen) atoms. The first kappa shape index (κ1) is 14.5. The lowest BCUT2D eigenvalue weighted by Crippen LogP contribution is -2.42. The van der Waals surface area contributed by atoms with Gasteiger partial charge in [0.05, 0.1) is 19.3 Å². The zero-order valence-corrected chi connectivity index (χ0v) is 10.2. The maximum Gasteiger partial charge on any atom is 0.322 e. The lowest BCUT2D eigenvalue weighted by molar-refractivity contribution is -0.137. The number of carbonyl (C=O) groups excluding carboxylic acids is 2. The van der Waals surface area contributed by atoms with Crippen LogP contribution >= 0.6 is 0 Å². The van der Waals surface area contributed by atoms with E-state index in [-0.39, 0.29) is 13.1 Å². The third kappa shape index (κ3) is 6.05. The van der Waals surface area contributed by atoms with Crippen LogP contribution < -0.4 is 16.0 Å². The van der Waals surface area contributed by atoms with Crippen molar-refractivity contribution in [3.05, 3.63) is 17.8 Å². The molecule has 4 N–H and O–H groups in total. The van der Waals surface area contributed by atoms with Crippen molar-refractivity contribution in [2.75, 3.05) is 13.1 Å². The van der Waals surface area contributed by atoms with Gasteiger partial charge in [0.1, 0.15) is 12.3 Å². The number of aliphatic carboxylic acids is 1. The third-order valence-corrected chi connectivity index (χ3v) is 1.92. The molecule has 0 aromatic carbocycles. The number of hydrogen-bond donors (Lipinski definition) is 4. The minimum absolute atomic E-state index is 0.0937. The fourth-order valence-corrected chi connectivity index (χ4v) is 1.10. The number of carboxylic acids is 1. The standard InChI is InChI=1S/C10H14N4O5/c1-6-2-12-8(19-6)4-14-10(18)13-3-7(15)11-5-9(16)17/h2H,3-5H2,1H3,(H,11,15)(H,16,17)(H2,13,14,18). The monoisotopic (exact) mass is 270 g/mol. The summed E-state index contributed by atoms with van der Waals surface area (Å²) in [5.41, 5.74) is 0. The third-order valence-electron chi connectivity index (χ3n) is 1.92. The molecule has 1 aromatic rings. The van der Waals surface area contributed by atoms with E-state index in [1.165, 1.54) is 6.20 Å². The van der Waals surface area contributed by atoms with E-state index in [0.29, 0.717) is 11.7 Å². The van der Waals surface area contributed by atoms with Crippen LogP contribution in [0.15, 0.2) is 10.6 Å². The van der Waals surface area contributed by atoms with Gasteiger partial charge < -0.3 is 25.5 Å². The zero-order valence-electron chi connectivity index (χ0n) is 10.2. The average Bonchev–Trinajstić information content (AvgIpc) is 2.77. The zero-order chi connectivity index (χ0) is 14.3. The van der Waals surface area contributed by atoms with E-state index in [9.17, 15) is 14.4 Å². The highest BCUT2D eigenvalue weighted by Crippen LogP contribution is 2.00. The van der Waals surface area contributed by atoms with Crippen LogP contribution in [0.5, 0.6) is 0 Å². The summed E-state index contributed by atoms with van der Waals surface area (Å²) in [7, 11) is 0. The number of oxazole rings is 1. The topological polar surface area (TPSA) is 134 Å². The summed E-state index contributed by atoms with van der Waals surface area (Å²) in [5, 5.41) is 15.1. The van der Waals surface area contributed by atoms with Crippen LogP contribution in [0.1, 0.15) is 11.7 Å². The molecule has 1 rings (SSSR count). The van der Waals surface area contributed by atoms with Gasteiger partial charge >= 0.3 is 12.0 Å². The van der Waals surface area contributed by atoms with Crippen LogP contribution in [0.25, 0.3) is 0 Å². The largest absolute Gasteiger partial charge is 0.480 e. The molecule has 0 aliphatic carbocycles. The molecule has 0 fully saturated rings. The van der Waals surface area contributed by atoms with Crippen molar-refractivity contribution in [3.63, 3.8) is 0 Å². The number of hydrogen-bond acceptors (Lipinski definition) is 5. The SMILES string of the molecule is Cc1cnc(CNC(=O)NCC(=O)NCC(=O)O)o1. The summed E-state index contributed by atoms with van der Waals surface area (Å²) in [5.74, 6) is -0.769. The molecule has 3 amide bonds. The second-order valence-corrected chi connectivity index (χ2v) is 3.57. The van der Waals surface area contributed by atoms with Crippen molar-refractivity contribution in [3.8, 4) is 0 Å². The predicted molar refractivity (Wildman–Crippen MR) is 62.1 cm³/mol. The Balaban J connectivity index is 2.17. The van der Waals surface area contributed by atoms with E-state index in [0.717, 1.165) is 0 Å². The van der Waals surface area contributed by atoms with Crippen LogP contribution in [0, 0.1) is 6.92 Å². The first-order valence-corrected chi connectivity index (χ1v) is 5.39. The summed E-state index contributed by atoms with van der Waals surface area (Å²) in [4.78, 5) is 36.4. The smallest absolute Gasteiger partial charge is 0.322 e. The number of carboxylic acid groups (broad SMARTS) is 1. The molecule has 0 saturated heterocycles. The number of aryl methyl sites for hydroxylation is 1. The molecule has 0 saturated carbocycles. The van der Waals surface area contributed by atoms with Crippen LogP contribution in [0.3, 0.4) is 0 Å². The summed E-state index contributed by atoms with van der Waals surface area (Å²) >= 11 is 0. The predicted octanol–water partition coefficient (Wildman–Crippen LogP) is -1.02. The Labute approximate surface area is 108 Å². The van der Waals surface area contributed by atoms with Crippen LogP contribution in [-0.2, 0) is 16.1 Å². The molecule has 0 aliphatic rings. The maximum absolute atomic E-state index is 11.3. The molecule has 0 unspecified atom stereocenters. The van der Waals surface area contributed by atoms with Crippen LogP contribution in [0.2, 0.25) is 0 Å². The molecular formula is C10H14N4O5. The molecule has 104 valence electrons. The van der Waals surface area contributed by atoms with Gasteiger partial charge in [-0.3, -0.25) is 9.59 Å². The van der Waals surface area contributed by atoms with E-state index in [1.54, 1.807) is 6.92 Å². The van der Waals surface area contributed by atoms with Gasteiger partial charge in [0.2, 0.25) is 11.8 Å². The first-order chi connectivity index (χ1) is 8.97. The molecule has 0 atom stereocenters. The maximum atomic E-state index is 11.3. The quantitative estimate of drug-likeness (QED) is 0.523. The number of nitrogens with one attached hydrogen (secondary N) is 3. The lowest BCUT2D eigenvalue weighted by Gasteiger charge is -2.06.